The molecule has 0 spiro atoms. The molecule has 3 saturated heterocycles. The Kier molecular flexibility index (Phi) is 9.87. The second kappa shape index (κ2) is 14.6. The first-order chi connectivity index (χ1) is 24.7. The van der Waals surface area contributed by atoms with E-state index in [0.29, 0.717) is 91.4 Å². The third-order valence-corrected chi connectivity index (χ3v) is 10.5. The van der Waals surface area contributed by atoms with Crippen LogP contribution >= 0.6 is 0 Å². The van der Waals surface area contributed by atoms with Crippen molar-refractivity contribution < 1.29 is 23.5 Å². The molecule has 3 aliphatic rings. The van der Waals surface area contributed by atoms with E-state index >= 15 is 4.39 Å². The third-order valence-electron chi connectivity index (χ3n) is 10.5. The summed E-state index contributed by atoms with van der Waals surface area (Å²) in [6, 6.07) is 10.9. The highest BCUT2D eigenvalue weighted by molar-refractivity contribution is 6.01. The van der Waals surface area contributed by atoms with E-state index in [9.17, 15) is 19.2 Å². The number of aromatic nitrogens is 3. The van der Waals surface area contributed by atoms with E-state index in [4.69, 9.17) is 4.74 Å². The van der Waals surface area contributed by atoms with Gasteiger partial charge in [-0.05, 0) is 68.1 Å². The Morgan fingerprint density at radius 1 is 0.980 bits per heavy atom. The van der Waals surface area contributed by atoms with Crippen molar-refractivity contribution in [1.29, 1.82) is 0 Å². The number of carbonyl (C=O) groups excluding carboxylic acids is 3. The Labute approximate surface area is 294 Å². The number of amides is 3. The lowest BCUT2D eigenvalue weighted by Gasteiger charge is -2.37. The van der Waals surface area contributed by atoms with Gasteiger partial charge >= 0.3 is 0 Å². The third kappa shape index (κ3) is 7.38. The van der Waals surface area contributed by atoms with Crippen molar-refractivity contribution in [2.75, 3.05) is 58.2 Å². The van der Waals surface area contributed by atoms with Crippen molar-refractivity contribution in [3.63, 3.8) is 0 Å². The van der Waals surface area contributed by atoms with Crippen molar-refractivity contribution >= 4 is 34.3 Å². The highest BCUT2D eigenvalue weighted by Crippen LogP contribution is 2.36. The van der Waals surface area contributed by atoms with Crippen molar-refractivity contribution in [2.24, 2.45) is 7.05 Å². The molecule has 0 radical (unpaired) electrons. The summed E-state index contributed by atoms with van der Waals surface area (Å²) in [7, 11) is 3.19. The van der Waals surface area contributed by atoms with Crippen LogP contribution in [0.1, 0.15) is 42.7 Å². The lowest BCUT2D eigenvalue weighted by Crippen LogP contribution is -2.51. The van der Waals surface area contributed by atoms with Gasteiger partial charge in [0.2, 0.25) is 17.7 Å². The number of ether oxygens (including phenoxy) is 1. The van der Waals surface area contributed by atoms with Crippen molar-refractivity contribution in [3.8, 4) is 16.9 Å². The predicted octanol–water partition coefficient (Wildman–Crippen LogP) is 2.82. The largest absolute Gasteiger partial charge is 0.496 e. The van der Waals surface area contributed by atoms with Crippen LogP contribution in [-0.2, 0) is 28.0 Å². The Bertz CT molecular complexity index is 1990. The van der Waals surface area contributed by atoms with Gasteiger partial charge in [-0.25, -0.2) is 4.39 Å². The molecule has 3 amide bonds. The monoisotopic (exact) mass is 698 g/mol. The molecular formula is C37H43FN8O5. The van der Waals surface area contributed by atoms with Crippen LogP contribution in [0, 0.1) is 5.82 Å². The molecular weight excluding hydrogens is 655 g/mol. The molecule has 1 unspecified atom stereocenters. The second-order valence-corrected chi connectivity index (χ2v) is 13.7. The molecule has 13 nitrogen and oxygen atoms in total. The van der Waals surface area contributed by atoms with Crippen molar-refractivity contribution in [3.05, 3.63) is 76.1 Å². The SMILES string of the molecule is COc1cc(CN2CCN(C(=O)CN3CCC(c4ccc(NC5CCC(=O)NC5=O)cc4)CC3)CC2)c(F)cc1-c1cn(C)c(=O)c2[nH]ncc12. The predicted molar refractivity (Wildman–Crippen MR) is 190 cm³/mol. The summed E-state index contributed by atoms with van der Waals surface area (Å²) in [5, 5.41) is 13.0. The number of anilines is 1. The number of rotatable bonds is 9. The van der Waals surface area contributed by atoms with Crippen molar-refractivity contribution in [2.45, 2.75) is 44.2 Å². The number of carbonyl (C=O) groups is 3. The van der Waals surface area contributed by atoms with Gasteiger partial charge < -0.3 is 19.5 Å². The number of hydrogen-bond acceptors (Lipinski definition) is 9. The number of aryl methyl sites for hydroxylation is 1. The minimum absolute atomic E-state index is 0.122. The van der Waals surface area contributed by atoms with Crippen LogP contribution in [0.15, 0.2) is 53.6 Å². The number of pyridine rings is 1. The smallest absolute Gasteiger partial charge is 0.276 e. The molecule has 3 N–H and O–H groups in total. The molecule has 2 aromatic heterocycles. The number of halogens is 1. The fraction of sp³-hybridized carbons (Fsp3) is 0.432. The van der Waals surface area contributed by atoms with Gasteiger partial charge in [-0.1, -0.05) is 12.1 Å². The molecule has 51 heavy (non-hydrogen) atoms. The summed E-state index contributed by atoms with van der Waals surface area (Å²) in [6.07, 6.45) is 5.98. The molecule has 2 aromatic carbocycles. The number of benzene rings is 2. The Morgan fingerprint density at radius 2 is 1.73 bits per heavy atom. The second-order valence-electron chi connectivity index (χ2n) is 13.7. The molecule has 0 saturated carbocycles. The van der Waals surface area contributed by atoms with Gasteiger partial charge in [-0.3, -0.25) is 39.4 Å². The lowest BCUT2D eigenvalue weighted by molar-refractivity contribution is -0.135. The molecule has 7 rings (SSSR count). The number of imide groups is 1. The first-order valence-corrected chi connectivity index (χ1v) is 17.5. The van der Waals surface area contributed by atoms with Gasteiger partial charge in [-0.2, -0.15) is 5.10 Å². The van der Waals surface area contributed by atoms with Gasteiger partial charge in [0, 0.05) is 80.2 Å². The molecule has 5 heterocycles. The molecule has 3 fully saturated rings. The number of hydrogen-bond donors (Lipinski definition) is 3. The number of methoxy groups -OCH3 is 1. The topological polar surface area (TPSA) is 145 Å². The van der Waals surface area contributed by atoms with E-state index < -0.39 is 6.04 Å². The Balaban J connectivity index is 0.884. The zero-order valence-electron chi connectivity index (χ0n) is 28.9. The van der Waals surface area contributed by atoms with Crippen LogP contribution in [-0.4, -0.2) is 106 Å². The molecule has 0 bridgehead atoms. The highest BCUT2D eigenvalue weighted by atomic mass is 19.1. The molecule has 0 aliphatic carbocycles. The molecule has 268 valence electrons. The van der Waals surface area contributed by atoms with Crippen LogP contribution < -0.4 is 20.9 Å². The highest BCUT2D eigenvalue weighted by Gasteiger charge is 2.28. The molecule has 4 aromatic rings. The maximum Gasteiger partial charge on any atom is 0.276 e. The van der Waals surface area contributed by atoms with Gasteiger partial charge in [0.15, 0.2) is 0 Å². The van der Waals surface area contributed by atoms with Crippen LogP contribution in [0.5, 0.6) is 5.75 Å². The maximum atomic E-state index is 15.6. The number of piperidine rings is 2. The summed E-state index contributed by atoms with van der Waals surface area (Å²) < 4.78 is 22.7. The molecule has 1 atom stereocenters. The summed E-state index contributed by atoms with van der Waals surface area (Å²) in [5.74, 6) is 0.163. The van der Waals surface area contributed by atoms with Crippen LogP contribution in [0.4, 0.5) is 10.1 Å². The number of likely N-dealkylation sites (tertiary alicyclic amines) is 1. The number of nitrogens with one attached hydrogen (secondary N) is 3. The van der Waals surface area contributed by atoms with Crippen LogP contribution in [0.2, 0.25) is 0 Å². The number of fused-ring (bicyclic) bond motifs is 1. The summed E-state index contributed by atoms with van der Waals surface area (Å²) >= 11 is 0. The van der Waals surface area contributed by atoms with E-state index in [1.807, 2.05) is 17.0 Å². The number of H-pyrrole nitrogens is 1. The fourth-order valence-corrected chi connectivity index (χ4v) is 7.46. The van der Waals surface area contributed by atoms with Gasteiger partial charge in [0.1, 0.15) is 23.1 Å². The molecule has 3 aliphatic heterocycles. The Hall–Kier alpha value is -5.08. The normalized spacial score (nSPS) is 19.4. The minimum Gasteiger partial charge on any atom is -0.496 e. The standard InChI is InChI=1S/C37H43FN8O5/c1-43-21-29(28-19-39-42-35(28)37(43)50)27-18-30(38)25(17-32(27)51-2)20-45-13-15-46(16-14-45)34(48)22-44-11-9-24(10-12-44)23-3-5-26(6-4-23)40-31-7-8-33(47)41-36(31)49/h3-6,17-19,21,24,31,40H,7-16,20,22H2,1-2H3,(H,39,42)(H,41,47,49). The van der Waals surface area contributed by atoms with Gasteiger partial charge in [0.25, 0.3) is 5.56 Å². The maximum absolute atomic E-state index is 15.6. The first-order valence-electron chi connectivity index (χ1n) is 17.5. The van der Waals surface area contributed by atoms with Gasteiger partial charge in [-0.15, -0.1) is 0 Å². The van der Waals surface area contributed by atoms with E-state index in [-0.39, 0.29) is 29.1 Å². The van der Waals surface area contributed by atoms with E-state index in [0.717, 1.165) is 31.6 Å². The number of nitrogens with zero attached hydrogens (tertiary/aromatic N) is 5. The number of piperazine rings is 1. The lowest BCUT2D eigenvalue weighted by atomic mass is 9.89. The zero-order chi connectivity index (χ0) is 35.6. The van der Waals surface area contributed by atoms with Crippen molar-refractivity contribution in [1.82, 2.24) is 34.8 Å². The zero-order valence-corrected chi connectivity index (χ0v) is 28.9. The Morgan fingerprint density at radius 3 is 2.43 bits per heavy atom. The molecule has 14 heteroatoms. The summed E-state index contributed by atoms with van der Waals surface area (Å²) in [5.41, 5.74) is 3.93. The summed E-state index contributed by atoms with van der Waals surface area (Å²) in [4.78, 5) is 55.5. The quantitative estimate of drug-likeness (QED) is 0.225. The summed E-state index contributed by atoms with van der Waals surface area (Å²) in [6.45, 7) is 4.92. The van der Waals surface area contributed by atoms with Crippen LogP contribution in [0.3, 0.4) is 0 Å². The van der Waals surface area contributed by atoms with Gasteiger partial charge in [0.05, 0.1) is 19.9 Å². The minimum atomic E-state index is -0.405. The fourth-order valence-electron chi connectivity index (χ4n) is 7.46. The van der Waals surface area contributed by atoms with Crippen LogP contribution in [0.25, 0.3) is 22.0 Å². The van der Waals surface area contributed by atoms with E-state index in [1.54, 1.807) is 32.6 Å². The van der Waals surface area contributed by atoms with E-state index in [2.05, 4.69) is 42.8 Å². The van der Waals surface area contributed by atoms with E-state index in [1.165, 1.54) is 16.2 Å². The average molecular weight is 699 g/mol. The first kappa shape index (κ1) is 34.4. The number of aromatic amines is 1. The average Bonchev–Trinajstić information content (AvgIpc) is 3.63.